The molecule has 3 aromatic carbocycles. The van der Waals surface area contributed by atoms with E-state index in [0.29, 0.717) is 36.2 Å². The molecule has 3 aromatic rings. The highest BCUT2D eigenvalue weighted by Crippen LogP contribution is 2.67. The van der Waals surface area contributed by atoms with Crippen LogP contribution in [0.4, 0.5) is 5.69 Å². The van der Waals surface area contributed by atoms with Crippen molar-refractivity contribution in [2.45, 2.75) is 162 Å². The van der Waals surface area contributed by atoms with Gasteiger partial charge in [0.25, 0.3) is 0 Å². The number of fused-ring (bicyclic) bond motifs is 5. The first-order valence-electron chi connectivity index (χ1n) is 26.5. The number of nitrogens with one attached hydrogen (secondary N) is 4. The molecule has 0 aliphatic heterocycles. The molecule has 5 N–H and O–H groups in total. The molecule has 0 heterocycles. The van der Waals surface area contributed by atoms with Gasteiger partial charge >= 0.3 is 0 Å². The van der Waals surface area contributed by atoms with Crippen molar-refractivity contribution in [3.8, 4) is 0 Å². The van der Waals surface area contributed by atoms with E-state index in [1.165, 1.54) is 57.8 Å². The number of hydrogen-bond donors (Lipinski definition) is 5. The van der Waals surface area contributed by atoms with Crippen molar-refractivity contribution >= 4 is 29.3 Å². The second-order valence-electron chi connectivity index (χ2n) is 22.1. The summed E-state index contributed by atoms with van der Waals surface area (Å²) in [6, 6.07) is 23.7. The van der Waals surface area contributed by atoms with Crippen LogP contribution in [0.2, 0.25) is 0 Å². The molecule has 3 fully saturated rings. The summed E-state index contributed by atoms with van der Waals surface area (Å²) in [7, 11) is 0. The van der Waals surface area contributed by atoms with Gasteiger partial charge in [0, 0.05) is 44.5 Å². The van der Waals surface area contributed by atoms with Crippen LogP contribution < -0.4 is 21.3 Å². The lowest BCUT2D eigenvalue weighted by molar-refractivity contribution is -0.131. The van der Waals surface area contributed by atoms with Crippen molar-refractivity contribution in [3.05, 3.63) is 113 Å². The molecule has 4 amide bonds. The van der Waals surface area contributed by atoms with E-state index < -0.39 is 29.8 Å². The quantitative estimate of drug-likeness (QED) is 0.0473. The number of anilines is 1. The number of carbonyl (C=O) groups excluding carboxylic acids is 4. The molecular formula is C59H82N4O6. The zero-order valence-electron chi connectivity index (χ0n) is 42.3. The maximum Gasteiger partial charge on any atom is 0.247 e. The van der Waals surface area contributed by atoms with Gasteiger partial charge in [-0.05, 0) is 133 Å². The van der Waals surface area contributed by atoms with Crippen LogP contribution in [0.3, 0.4) is 0 Å². The number of aliphatic hydroxyl groups is 1. The normalized spacial score (nSPS) is 26.3. The first kappa shape index (κ1) is 52.0. The minimum Gasteiger partial charge on any atom is -0.392 e. The highest BCUT2D eigenvalue weighted by molar-refractivity contribution is 5.98. The Bertz CT molecular complexity index is 2180. The number of ether oxygens (including phenoxy) is 1. The van der Waals surface area contributed by atoms with Crippen LogP contribution in [0.15, 0.2) is 96.6 Å². The second kappa shape index (κ2) is 24.4. The molecule has 7 rings (SSSR count). The van der Waals surface area contributed by atoms with Crippen molar-refractivity contribution in [3.63, 3.8) is 0 Å². The van der Waals surface area contributed by atoms with E-state index in [1.807, 2.05) is 60.7 Å². The predicted molar refractivity (Wildman–Crippen MR) is 275 cm³/mol. The van der Waals surface area contributed by atoms with E-state index in [1.54, 1.807) is 29.8 Å². The van der Waals surface area contributed by atoms with Crippen molar-refractivity contribution in [2.24, 2.45) is 46.3 Å². The number of amides is 4. The number of benzene rings is 3. The van der Waals surface area contributed by atoms with Gasteiger partial charge in [0.1, 0.15) is 12.1 Å². The van der Waals surface area contributed by atoms with E-state index in [4.69, 9.17) is 4.74 Å². The number of hydrogen-bond acceptors (Lipinski definition) is 6. The van der Waals surface area contributed by atoms with Gasteiger partial charge in [0.15, 0.2) is 0 Å². The van der Waals surface area contributed by atoms with Gasteiger partial charge in [-0.3, -0.25) is 19.2 Å². The van der Waals surface area contributed by atoms with Crippen molar-refractivity contribution in [1.29, 1.82) is 0 Å². The minimum absolute atomic E-state index is 0.0179. The smallest absolute Gasteiger partial charge is 0.247 e. The van der Waals surface area contributed by atoms with Gasteiger partial charge in [-0.25, -0.2) is 0 Å². The molecule has 4 aliphatic rings. The maximum absolute atomic E-state index is 14.0. The Balaban J connectivity index is 0.849. The number of allylic oxidation sites excluding steroid dienone is 1. The average Bonchev–Trinajstić information content (AvgIpc) is 3.71. The third kappa shape index (κ3) is 13.5. The highest BCUT2D eigenvalue weighted by atomic mass is 16.5. The second-order valence-corrected chi connectivity index (χ2v) is 22.1. The first-order valence-corrected chi connectivity index (χ1v) is 26.5. The molecule has 10 atom stereocenters. The Morgan fingerprint density at radius 2 is 1.38 bits per heavy atom. The summed E-state index contributed by atoms with van der Waals surface area (Å²) < 4.78 is 6.47. The third-order valence-corrected chi connectivity index (χ3v) is 17.1. The van der Waals surface area contributed by atoms with Crippen LogP contribution in [-0.4, -0.2) is 60.1 Å². The maximum atomic E-state index is 14.0. The molecule has 10 heteroatoms. The molecule has 0 aromatic heterocycles. The van der Waals surface area contributed by atoms with Gasteiger partial charge < -0.3 is 31.1 Å². The van der Waals surface area contributed by atoms with E-state index >= 15 is 0 Å². The van der Waals surface area contributed by atoms with Gasteiger partial charge in [0.05, 0.1) is 12.7 Å². The van der Waals surface area contributed by atoms with Crippen LogP contribution in [0.5, 0.6) is 0 Å². The van der Waals surface area contributed by atoms with Crippen LogP contribution >= 0.6 is 0 Å². The molecule has 4 aliphatic carbocycles. The molecule has 10 unspecified atom stereocenters. The summed E-state index contributed by atoms with van der Waals surface area (Å²) in [4.78, 5) is 54.0. The van der Waals surface area contributed by atoms with Gasteiger partial charge in [-0.1, -0.05) is 138 Å². The first-order chi connectivity index (χ1) is 33.2. The fourth-order valence-corrected chi connectivity index (χ4v) is 13.2. The molecule has 0 saturated heterocycles. The Morgan fingerprint density at radius 1 is 0.710 bits per heavy atom. The van der Waals surface area contributed by atoms with Crippen LogP contribution in [0.1, 0.15) is 141 Å². The Labute approximate surface area is 413 Å². The van der Waals surface area contributed by atoms with Crippen molar-refractivity contribution in [1.82, 2.24) is 16.0 Å². The number of aliphatic hydroxyl groups excluding tert-OH is 1. The summed E-state index contributed by atoms with van der Waals surface area (Å²) in [5.41, 5.74) is 5.34. The van der Waals surface area contributed by atoms with Crippen LogP contribution in [0.25, 0.3) is 0 Å². The summed E-state index contributed by atoms with van der Waals surface area (Å²) in [5.74, 6) is 3.39. The number of carbonyl (C=O) groups is 4. The van der Waals surface area contributed by atoms with Crippen molar-refractivity contribution < 1.29 is 29.0 Å². The van der Waals surface area contributed by atoms with E-state index in [2.05, 4.69) is 62.0 Å². The molecule has 69 heavy (non-hydrogen) atoms. The van der Waals surface area contributed by atoms with Gasteiger partial charge in [-0.15, -0.1) is 0 Å². The van der Waals surface area contributed by atoms with Gasteiger partial charge in [0.2, 0.25) is 23.6 Å². The summed E-state index contributed by atoms with van der Waals surface area (Å²) in [6.07, 6.45) is 18.1. The third-order valence-electron chi connectivity index (χ3n) is 17.1. The largest absolute Gasteiger partial charge is 0.392 e. The lowest BCUT2D eigenvalue weighted by Crippen LogP contribution is -2.54. The standard InChI is InChI=1S/C59H82N4O6/c1-40(2)14-12-15-41(3)49-26-27-50-48-25-22-45-38-47(30-32-58(45,4)51(48)31-33-59(49,50)5)69-35-13-34-60-54(65)28-29-55(66)62-52(36-42-16-8-6-9-17-42)57(68)63-53(37-43-18-10-7-11-19-43)56(67)61-46-23-20-44(39-64)21-24-46/h6-11,16-24,40-41,47-53,64H,12-15,25-39H2,1-5H3,(H,60,65)(H,61,67)(H,62,66)(H,63,68). The van der Waals surface area contributed by atoms with Crippen LogP contribution in [-0.2, 0) is 43.4 Å². The average molecular weight is 943 g/mol. The summed E-state index contributed by atoms with van der Waals surface area (Å²) >= 11 is 0. The lowest BCUT2D eigenvalue weighted by Gasteiger charge is -2.58. The van der Waals surface area contributed by atoms with Crippen LogP contribution in [0, 0.1) is 46.3 Å². The van der Waals surface area contributed by atoms with E-state index in [9.17, 15) is 24.3 Å². The molecular weight excluding hydrogens is 861 g/mol. The zero-order chi connectivity index (χ0) is 49.0. The fourth-order valence-electron chi connectivity index (χ4n) is 13.2. The SMILES string of the molecule is CC(C)CCCC(C)C1CCC2C3CC=C4CC(OCCCNC(=O)CCC(=O)NC(Cc5ccccc5)C(=O)NC(Cc5ccccc5)C(=O)Nc5ccc(CO)cc5)CCC4(C)C3CCC12C. The fraction of sp³-hybridized carbons (Fsp3) is 0.593. The highest BCUT2D eigenvalue weighted by Gasteiger charge is 2.59. The summed E-state index contributed by atoms with van der Waals surface area (Å²) in [6.45, 7) is 13.5. The monoisotopic (exact) mass is 943 g/mol. The van der Waals surface area contributed by atoms with Gasteiger partial charge in [-0.2, -0.15) is 0 Å². The topological polar surface area (TPSA) is 146 Å². The number of rotatable bonds is 23. The molecule has 10 nitrogen and oxygen atoms in total. The Hall–Kier alpha value is -4.80. The van der Waals surface area contributed by atoms with E-state index in [-0.39, 0.29) is 49.7 Å². The van der Waals surface area contributed by atoms with E-state index in [0.717, 1.165) is 59.5 Å². The molecule has 374 valence electrons. The summed E-state index contributed by atoms with van der Waals surface area (Å²) in [5, 5.41) is 21.1. The minimum atomic E-state index is -0.991. The predicted octanol–water partition coefficient (Wildman–Crippen LogP) is 10.3. The molecule has 0 spiro atoms. The molecule has 0 bridgehead atoms. The Morgan fingerprint density at radius 3 is 2.04 bits per heavy atom. The molecule has 3 saturated carbocycles. The lowest BCUT2D eigenvalue weighted by atomic mass is 9.47. The van der Waals surface area contributed by atoms with Crippen molar-refractivity contribution in [2.75, 3.05) is 18.5 Å². The Kier molecular flexibility index (Phi) is 18.4. The zero-order valence-corrected chi connectivity index (χ0v) is 42.3. The molecule has 0 radical (unpaired) electrons.